The predicted octanol–water partition coefficient (Wildman–Crippen LogP) is 3.77. The van der Waals surface area contributed by atoms with Gasteiger partial charge in [-0.15, -0.1) is 0 Å². The predicted molar refractivity (Wildman–Crippen MR) is 109 cm³/mol. The minimum absolute atomic E-state index is 0.100. The zero-order valence-electron chi connectivity index (χ0n) is 17.8. The minimum atomic E-state index is -0.180. The summed E-state index contributed by atoms with van der Waals surface area (Å²) < 4.78 is 39.7. The number of rotatable bonds is 8. The Hall–Kier alpha value is -2.48. The first-order chi connectivity index (χ1) is 14.7. The molecule has 7 heteroatoms. The van der Waals surface area contributed by atoms with Crippen LogP contribution in [0.2, 0.25) is 0 Å². The van der Waals surface area contributed by atoms with E-state index >= 15 is 0 Å². The van der Waals surface area contributed by atoms with Crippen LogP contribution in [0, 0.1) is 11.8 Å². The summed E-state index contributed by atoms with van der Waals surface area (Å²) in [7, 11) is 6.68. The van der Waals surface area contributed by atoms with Crippen molar-refractivity contribution in [2.24, 2.45) is 11.8 Å². The highest BCUT2D eigenvalue weighted by Gasteiger charge is 2.46. The molecular formula is C23H28O7. The van der Waals surface area contributed by atoms with Crippen molar-refractivity contribution >= 4 is 0 Å². The molecule has 0 aliphatic carbocycles. The topological polar surface area (TPSA) is 64.6 Å². The molecule has 7 nitrogen and oxygen atoms in total. The van der Waals surface area contributed by atoms with Gasteiger partial charge in [0, 0.05) is 26.1 Å². The lowest BCUT2D eigenvalue weighted by molar-refractivity contribution is 0.0143. The van der Waals surface area contributed by atoms with Crippen LogP contribution in [0.4, 0.5) is 0 Å². The zero-order chi connectivity index (χ0) is 21.1. The van der Waals surface area contributed by atoms with Crippen LogP contribution < -0.4 is 18.9 Å². The van der Waals surface area contributed by atoms with Crippen LogP contribution in [-0.4, -0.2) is 48.4 Å². The third-order valence-electron chi connectivity index (χ3n) is 5.80. The number of benzene rings is 2. The van der Waals surface area contributed by atoms with Gasteiger partial charge in [-0.2, -0.15) is 0 Å². The molecule has 162 valence electrons. The number of hydrogen-bond acceptors (Lipinski definition) is 7. The van der Waals surface area contributed by atoms with Gasteiger partial charge >= 0.3 is 0 Å². The summed E-state index contributed by atoms with van der Waals surface area (Å²) in [5.41, 5.74) is 2.05. The first-order valence-corrected chi connectivity index (χ1v) is 9.95. The van der Waals surface area contributed by atoms with Gasteiger partial charge in [-0.05, 0) is 35.4 Å². The second kappa shape index (κ2) is 9.12. The van der Waals surface area contributed by atoms with Crippen molar-refractivity contribution in [3.63, 3.8) is 0 Å². The van der Waals surface area contributed by atoms with E-state index in [0.717, 1.165) is 22.6 Å². The smallest absolute Gasteiger partial charge is 0.231 e. The second-order valence-corrected chi connectivity index (χ2v) is 7.44. The molecule has 0 amide bonds. The first kappa shape index (κ1) is 20.8. The van der Waals surface area contributed by atoms with Gasteiger partial charge in [0.1, 0.15) is 0 Å². The van der Waals surface area contributed by atoms with Gasteiger partial charge in [0.05, 0.1) is 39.6 Å². The summed E-state index contributed by atoms with van der Waals surface area (Å²) >= 11 is 0. The van der Waals surface area contributed by atoms with Crippen molar-refractivity contribution in [3.8, 4) is 23.0 Å². The highest BCUT2D eigenvalue weighted by atomic mass is 16.7. The summed E-state index contributed by atoms with van der Waals surface area (Å²) in [4.78, 5) is 0. The highest BCUT2D eigenvalue weighted by Crippen LogP contribution is 2.51. The summed E-state index contributed by atoms with van der Waals surface area (Å²) in [5.74, 6) is 3.06. The normalized spacial score (nSPS) is 24.8. The van der Waals surface area contributed by atoms with E-state index in [9.17, 15) is 0 Å². The standard InChI is InChI=1S/C23H28O7/c1-24-11-16-17(12-25-2)23(15-6-8-19-21(10-15)29-13-28-19)30-22(16)14-5-7-18(26-3)20(9-14)27-4/h5-10,16-17,22-23H,11-13H2,1-4H3. The Morgan fingerprint density at radius 2 is 1.33 bits per heavy atom. The van der Waals surface area contributed by atoms with Gasteiger partial charge in [0.15, 0.2) is 23.0 Å². The fourth-order valence-corrected chi connectivity index (χ4v) is 4.39. The molecule has 0 N–H and O–H groups in total. The van der Waals surface area contributed by atoms with Crippen molar-refractivity contribution in [2.75, 3.05) is 48.4 Å². The van der Waals surface area contributed by atoms with Crippen molar-refractivity contribution in [2.45, 2.75) is 12.2 Å². The third kappa shape index (κ3) is 3.80. The molecule has 4 rings (SSSR count). The van der Waals surface area contributed by atoms with Crippen LogP contribution in [0.15, 0.2) is 36.4 Å². The molecule has 2 aromatic carbocycles. The average molecular weight is 416 g/mol. The van der Waals surface area contributed by atoms with Crippen LogP contribution >= 0.6 is 0 Å². The maximum Gasteiger partial charge on any atom is 0.231 e. The van der Waals surface area contributed by atoms with Crippen molar-refractivity contribution in [1.29, 1.82) is 0 Å². The van der Waals surface area contributed by atoms with E-state index < -0.39 is 0 Å². The first-order valence-electron chi connectivity index (χ1n) is 9.95. The Labute approximate surface area is 176 Å². The Kier molecular flexibility index (Phi) is 6.32. The molecule has 0 aromatic heterocycles. The minimum Gasteiger partial charge on any atom is -0.493 e. The Bertz CT molecular complexity index is 869. The van der Waals surface area contributed by atoms with Crippen LogP contribution in [-0.2, 0) is 14.2 Å². The van der Waals surface area contributed by atoms with E-state index in [-0.39, 0.29) is 30.8 Å². The summed E-state index contributed by atoms with van der Waals surface area (Å²) in [6.07, 6.45) is -0.349. The fourth-order valence-electron chi connectivity index (χ4n) is 4.39. The molecule has 2 aromatic rings. The number of hydrogen-bond donors (Lipinski definition) is 0. The highest BCUT2D eigenvalue weighted by molar-refractivity contribution is 5.46. The molecular weight excluding hydrogens is 388 g/mol. The molecule has 30 heavy (non-hydrogen) atoms. The van der Waals surface area contributed by atoms with Gasteiger partial charge in [-0.25, -0.2) is 0 Å². The van der Waals surface area contributed by atoms with Crippen LogP contribution in [0.5, 0.6) is 23.0 Å². The van der Waals surface area contributed by atoms with E-state index in [4.69, 9.17) is 33.2 Å². The van der Waals surface area contributed by atoms with Gasteiger partial charge < -0.3 is 33.2 Å². The Balaban J connectivity index is 1.70. The summed E-state index contributed by atoms with van der Waals surface area (Å²) in [6, 6.07) is 11.8. The lowest BCUT2D eigenvalue weighted by Gasteiger charge is -2.23. The van der Waals surface area contributed by atoms with Crippen molar-refractivity contribution in [3.05, 3.63) is 47.5 Å². The van der Waals surface area contributed by atoms with Gasteiger partial charge in [-0.1, -0.05) is 12.1 Å². The summed E-state index contributed by atoms with van der Waals surface area (Å²) in [6.45, 7) is 1.34. The van der Waals surface area contributed by atoms with Crippen molar-refractivity contribution in [1.82, 2.24) is 0 Å². The molecule has 2 aliphatic heterocycles. The van der Waals surface area contributed by atoms with Gasteiger partial charge in [0.2, 0.25) is 6.79 Å². The molecule has 1 fully saturated rings. The molecule has 1 saturated heterocycles. The average Bonchev–Trinajstić information content (AvgIpc) is 3.38. The van der Waals surface area contributed by atoms with Crippen LogP contribution in [0.1, 0.15) is 23.3 Å². The summed E-state index contributed by atoms with van der Waals surface area (Å²) in [5, 5.41) is 0. The molecule has 4 unspecified atom stereocenters. The molecule has 0 bridgehead atoms. The van der Waals surface area contributed by atoms with E-state index in [1.165, 1.54) is 0 Å². The SMILES string of the molecule is COCC1C(c2ccc(OC)c(OC)c2)OC(c2ccc3c(c2)OCO3)C1COC. The monoisotopic (exact) mass is 416 g/mol. The second-order valence-electron chi connectivity index (χ2n) is 7.44. The molecule has 0 radical (unpaired) electrons. The Morgan fingerprint density at radius 3 is 1.97 bits per heavy atom. The molecule has 0 saturated carbocycles. The lowest BCUT2D eigenvalue weighted by Crippen LogP contribution is -2.25. The van der Waals surface area contributed by atoms with E-state index in [1.54, 1.807) is 28.4 Å². The maximum absolute atomic E-state index is 6.64. The third-order valence-corrected chi connectivity index (χ3v) is 5.80. The quantitative estimate of drug-likeness (QED) is 0.649. The molecule has 0 spiro atoms. The van der Waals surface area contributed by atoms with Gasteiger partial charge in [-0.3, -0.25) is 0 Å². The fraction of sp³-hybridized carbons (Fsp3) is 0.478. The molecule has 4 atom stereocenters. The van der Waals surface area contributed by atoms with E-state index in [0.29, 0.717) is 24.7 Å². The van der Waals surface area contributed by atoms with Gasteiger partial charge in [0.25, 0.3) is 0 Å². The molecule has 2 heterocycles. The van der Waals surface area contributed by atoms with E-state index in [2.05, 4.69) is 0 Å². The number of fused-ring (bicyclic) bond motifs is 1. The maximum atomic E-state index is 6.64. The number of methoxy groups -OCH3 is 4. The largest absolute Gasteiger partial charge is 0.493 e. The Morgan fingerprint density at radius 1 is 0.733 bits per heavy atom. The van der Waals surface area contributed by atoms with Crippen LogP contribution in [0.3, 0.4) is 0 Å². The lowest BCUT2D eigenvalue weighted by atomic mass is 9.83. The van der Waals surface area contributed by atoms with Crippen LogP contribution in [0.25, 0.3) is 0 Å². The molecule has 2 aliphatic rings. The van der Waals surface area contributed by atoms with Crippen molar-refractivity contribution < 1.29 is 33.2 Å². The van der Waals surface area contributed by atoms with E-state index in [1.807, 2.05) is 36.4 Å². The zero-order valence-corrected chi connectivity index (χ0v) is 17.8. The number of ether oxygens (including phenoxy) is 7.